The second-order valence-corrected chi connectivity index (χ2v) is 8.04. The summed E-state index contributed by atoms with van der Waals surface area (Å²) >= 11 is 6.92. The Morgan fingerprint density at radius 3 is 1.62 bits per heavy atom. The minimum absolute atomic E-state index is 0.761. The molecule has 0 unspecified atom stereocenters. The quantitative estimate of drug-likeness (QED) is 0.475. The Kier molecular flexibility index (Phi) is 4.79. The molecule has 2 nitrogen and oxygen atoms in total. The van der Waals surface area contributed by atoms with Crippen molar-refractivity contribution in [1.29, 1.82) is 0 Å². The topological polar surface area (TPSA) is 25.8 Å². The number of rotatable bonds is 3. The molecule has 2 aromatic heterocycles. The summed E-state index contributed by atoms with van der Waals surface area (Å²) in [5, 5.41) is 1.24. The minimum Gasteiger partial charge on any atom is -0.240 e. The van der Waals surface area contributed by atoms with E-state index in [-0.39, 0.29) is 0 Å². The number of aromatic nitrogens is 2. The van der Waals surface area contributed by atoms with E-state index >= 15 is 0 Å². The van der Waals surface area contributed by atoms with Gasteiger partial charge in [0.25, 0.3) is 0 Å². The van der Waals surface area contributed by atoms with Crippen LogP contribution in [0.1, 0.15) is 0 Å². The van der Waals surface area contributed by atoms with E-state index in [1.807, 2.05) is 30.3 Å². The van der Waals surface area contributed by atoms with Gasteiger partial charge in [-0.15, -0.1) is 0 Å². The van der Waals surface area contributed by atoms with Crippen molar-refractivity contribution in [1.82, 2.24) is 9.97 Å². The van der Waals surface area contributed by atoms with Crippen molar-refractivity contribution in [2.45, 2.75) is 0 Å². The molecule has 1 aromatic carbocycles. The summed E-state index contributed by atoms with van der Waals surface area (Å²) in [6.45, 7) is 0. The molecule has 0 spiro atoms. The number of nitrogens with zero attached hydrogens (tertiary/aromatic N) is 2. The highest BCUT2D eigenvalue weighted by molar-refractivity contribution is 9.10. The van der Waals surface area contributed by atoms with Crippen LogP contribution >= 0.6 is 39.8 Å². The van der Waals surface area contributed by atoms with Crippen LogP contribution in [0.3, 0.4) is 0 Å². The normalized spacial score (nSPS) is 10.8. The molecule has 3 rings (SSSR count). The van der Waals surface area contributed by atoms with Gasteiger partial charge in [-0.2, -0.15) is 0 Å². The highest BCUT2D eigenvalue weighted by atomic mass is 79.9. The number of halogens is 2. The Labute approximate surface area is 141 Å². The Morgan fingerprint density at radius 1 is 0.619 bits per heavy atom. The van der Waals surface area contributed by atoms with Crippen molar-refractivity contribution in [3.05, 3.63) is 75.9 Å². The van der Waals surface area contributed by atoms with E-state index in [2.05, 4.69) is 78.2 Å². The second-order valence-electron chi connectivity index (χ2n) is 4.31. The third-order valence-corrected chi connectivity index (χ3v) is 5.99. The Morgan fingerprint density at radius 2 is 1.14 bits per heavy atom. The summed E-state index contributed by atoms with van der Waals surface area (Å²) < 4.78 is 1.69. The van der Waals surface area contributed by atoms with Crippen LogP contribution in [-0.2, 0) is 0 Å². The molecule has 21 heavy (non-hydrogen) atoms. The van der Waals surface area contributed by atoms with Gasteiger partial charge in [0.15, 0.2) is 0 Å². The SMILES string of the molecule is Brc1cccc(P(c2ccccc2)c2cccc(Br)n2)n1. The molecule has 2 heterocycles. The van der Waals surface area contributed by atoms with Crippen LogP contribution in [0.15, 0.2) is 75.9 Å². The average molecular weight is 422 g/mol. The number of benzene rings is 1. The van der Waals surface area contributed by atoms with Gasteiger partial charge in [-0.25, -0.2) is 9.97 Å². The van der Waals surface area contributed by atoms with E-state index in [1.54, 1.807) is 0 Å². The fourth-order valence-corrected chi connectivity index (χ4v) is 5.08. The van der Waals surface area contributed by atoms with Crippen LogP contribution in [-0.4, -0.2) is 9.97 Å². The molecule has 0 aliphatic rings. The summed E-state index contributed by atoms with van der Waals surface area (Å²) in [4.78, 5) is 9.29. The van der Waals surface area contributed by atoms with Crippen molar-refractivity contribution in [3.63, 3.8) is 0 Å². The molecule has 0 bridgehead atoms. The Bertz CT molecular complexity index is 705. The zero-order valence-electron chi connectivity index (χ0n) is 10.9. The average Bonchev–Trinajstić information content (AvgIpc) is 2.49. The zero-order chi connectivity index (χ0) is 14.7. The molecule has 0 amide bonds. The van der Waals surface area contributed by atoms with E-state index in [9.17, 15) is 0 Å². The maximum absolute atomic E-state index is 4.65. The van der Waals surface area contributed by atoms with Gasteiger partial charge in [0, 0.05) is 7.92 Å². The van der Waals surface area contributed by atoms with Crippen molar-refractivity contribution >= 4 is 56.0 Å². The van der Waals surface area contributed by atoms with E-state index in [1.165, 1.54) is 5.30 Å². The summed E-state index contributed by atoms with van der Waals surface area (Å²) in [7, 11) is -0.761. The largest absolute Gasteiger partial charge is 0.240 e. The van der Waals surface area contributed by atoms with Gasteiger partial charge in [-0.3, -0.25) is 0 Å². The standard InChI is InChI=1S/C16H11Br2N2P/c17-13-8-4-10-15(19-13)21(12-6-2-1-3-7-12)16-11-5-9-14(18)20-16/h1-11H. The first-order valence-electron chi connectivity index (χ1n) is 6.34. The lowest BCUT2D eigenvalue weighted by Gasteiger charge is -2.17. The van der Waals surface area contributed by atoms with E-state index in [0.29, 0.717) is 0 Å². The number of pyridine rings is 2. The van der Waals surface area contributed by atoms with Crippen molar-refractivity contribution in [3.8, 4) is 0 Å². The first-order chi connectivity index (χ1) is 10.2. The lowest BCUT2D eigenvalue weighted by atomic mass is 10.4. The molecule has 0 aliphatic carbocycles. The van der Waals surface area contributed by atoms with E-state index in [0.717, 1.165) is 20.1 Å². The fraction of sp³-hybridized carbons (Fsp3) is 0. The summed E-state index contributed by atoms with van der Waals surface area (Å²) in [5.41, 5.74) is 2.08. The van der Waals surface area contributed by atoms with Crippen LogP contribution in [0.4, 0.5) is 0 Å². The van der Waals surface area contributed by atoms with Gasteiger partial charge < -0.3 is 0 Å². The maximum Gasteiger partial charge on any atom is 0.106 e. The molecule has 0 aliphatic heterocycles. The van der Waals surface area contributed by atoms with Crippen molar-refractivity contribution < 1.29 is 0 Å². The molecule has 0 fully saturated rings. The molecule has 0 saturated carbocycles. The predicted molar refractivity (Wildman–Crippen MR) is 96.1 cm³/mol. The minimum atomic E-state index is -0.761. The zero-order valence-corrected chi connectivity index (χ0v) is 15.0. The van der Waals surface area contributed by atoms with Crippen LogP contribution in [0, 0.1) is 0 Å². The van der Waals surface area contributed by atoms with Crippen LogP contribution in [0.2, 0.25) is 0 Å². The molecule has 3 aromatic rings. The van der Waals surface area contributed by atoms with Gasteiger partial charge in [-0.1, -0.05) is 42.5 Å². The molecule has 104 valence electrons. The van der Waals surface area contributed by atoms with Gasteiger partial charge in [0.2, 0.25) is 0 Å². The number of hydrogen-bond acceptors (Lipinski definition) is 2. The predicted octanol–water partition coefficient (Wildman–Crippen LogP) is 3.76. The van der Waals surface area contributed by atoms with Gasteiger partial charge in [0.1, 0.15) is 9.21 Å². The first kappa shape index (κ1) is 14.8. The van der Waals surface area contributed by atoms with Gasteiger partial charge in [0.05, 0.1) is 10.9 Å². The fourth-order valence-electron chi connectivity index (χ4n) is 2.00. The van der Waals surface area contributed by atoms with Crippen LogP contribution in [0.5, 0.6) is 0 Å². The molecule has 0 N–H and O–H groups in total. The second kappa shape index (κ2) is 6.78. The van der Waals surface area contributed by atoms with E-state index in [4.69, 9.17) is 0 Å². The van der Waals surface area contributed by atoms with Gasteiger partial charge in [-0.05, 0) is 61.4 Å². The monoisotopic (exact) mass is 420 g/mol. The highest BCUT2D eigenvalue weighted by Gasteiger charge is 2.19. The number of hydrogen-bond donors (Lipinski definition) is 0. The molecule has 0 atom stereocenters. The highest BCUT2D eigenvalue weighted by Crippen LogP contribution is 2.31. The van der Waals surface area contributed by atoms with Crippen LogP contribution in [0.25, 0.3) is 0 Å². The third-order valence-electron chi connectivity index (χ3n) is 2.87. The molecular weight excluding hydrogens is 411 g/mol. The lowest BCUT2D eigenvalue weighted by Crippen LogP contribution is -2.24. The molecular formula is C16H11Br2N2P. The molecule has 0 radical (unpaired) electrons. The van der Waals surface area contributed by atoms with Crippen LogP contribution < -0.4 is 16.2 Å². The summed E-state index contributed by atoms with van der Waals surface area (Å²) in [6.07, 6.45) is 0. The summed E-state index contributed by atoms with van der Waals surface area (Å²) in [6, 6.07) is 22.4. The maximum atomic E-state index is 4.65. The summed E-state index contributed by atoms with van der Waals surface area (Å²) in [5.74, 6) is 0. The van der Waals surface area contributed by atoms with Crippen molar-refractivity contribution in [2.24, 2.45) is 0 Å². The van der Waals surface area contributed by atoms with Gasteiger partial charge >= 0.3 is 0 Å². The molecule has 0 saturated heterocycles. The molecule has 5 heteroatoms. The Balaban J connectivity index is 2.16. The van der Waals surface area contributed by atoms with E-state index < -0.39 is 7.92 Å². The lowest BCUT2D eigenvalue weighted by molar-refractivity contribution is 1.31. The van der Waals surface area contributed by atoms with Crippen molar-refractivity contribution in [2.75, 3.05) is 0 Å². The third kappa shape index (κ3) is 3.57. The smallest absolute Gasteiger partial charge is 0.106 e. The Hall–Kier alpha value is -1.09. The first-order valence-corrected chi connectivity index (χ1v) is 9.27.